The second-order valence-corrected chi connectivity index (χ2v) is 7.64. The molecule has 0 heterocycles. The van der Waals surface area contributed by atoms with Crippen molar-refractivity contribution in [3.8, 4) is 22.3 Å². The first-order chi connectivity index (χ1) is 15.2. The van der Waals surface area contributed by atoms with E-state index in [1.807, 2.05) is 13.8 Å². The summed E-state index contributed by atoms with van der Waals surface area (Å²) in [7, 11) is 1.51. The standard InChI is InChI=1S/C24H23F4N3O/c1-12(2)31-10-13-5-4-6-14(7-13)18-20(25)22(27)19(23(28)21(18)26)15-8-16(11-32)24(30-3)17(29)9-15/h4-9,11-12,30-31H,10,29H2,1-3H3. The van der Waals surface area contributed by atoms with E-state index in [9.17, 15) is 4.79 Å². The molecule has 3 aromatic rings. The molecule has 168 valence electrons. The number of rotatable bonds is 7. The molecule has 0 aromatic heterocycles. The van der Waals surface area contributed by atoms with E-state index < -0.39 is 34.4 Å². The number of nitrogen functional groups attached to an aromatic ring is 1. The number of nitrogens with two attached hydrogens (primary N) is 1. The summed E-state index contributed by atoms with van der Waals surface area (Å²) in [5.74, 6) is -6.20. The van der Waals surface area contributed by atoms with Crippen LogP contribution in [0, 0.1) is 23.3 Å². The first kappa shape index (κ1) is 23.3. The molecular formula is C24H23F4N3O. The molecule has 0 aliphatic carbocycles. The van der Waals surface area contributed by atoms with Crippen molar-refractivity contribution in [1.82, 2.24) is 5.32 Å². The van der Waals surface area contributed by atoms with Gasteiger partial charge in [0.25, 0.3) is 0 Å². The molecule has 0 spiro atoms. The number of hydrogen-bond acceptors (Lipinski definition) is 4. The first-order valence-corrected chi connectivity index (χ1v) is 9.95. The summed E-state index contributed by atoms with van der Waals surface area (Å²) >= 11 is 0. The Morgan fingerprint density at radius 2 is 1.53 bits per heavy atom. The van der Waals surface area contributed by atoms with Gasteiger partial charge in [0.2, 0.25) is 0 Å². The summed E-state index contributed by atoms with van der Waals surface area (Å²) in [6.45, 7) is 4.31. The van der Waals surface area contributed by atoms with Gasteiger partial charge in [0, 0.05) is 25.2 Å². The molecule has 0 aliphatic rings. The van der Waals surface area contributed by atoms with Gasteiger partial charge < -0.3 is 16.4 Å². The van der Waals surface area contributed by atoms with Crippen LogP contribution < -0.4 is 16.4 Å². The second kappa shape index (κ2) is 9.40. The SMILES string of the molecule is CNc1c(N)cc(-c2c(F)c(F)c(-c3cccc(CNC(C)C)c3)c(F)c2F)cc1C=O. The predicted molar refractivity (Wildman–Crippen MR) is 118 cm³/mol. The zero-order valence-electron chi connectivity index (χ0n) is 17.8. The van der Waals surface area contributed by atoms with Crippen molar-refractivity contribution in [3.05, 3.63) is 70.8 Å². The molecule has 4 nitrogen and oxygen atoms in total. The highest BCUT2D eigenvalue weighted by molar-refractivity contribution is 5.93. The third-order valence-electron chi connectivity index (χ3n) is 5.06. The minimum absolute atomic E-state index is 0.00106. The van der Waals surface area contributed by atoms with E-state index in [4.69, 9.17) is 5.73 Å². The normalized spacial score (nSPS) is 11.1. The third kappa shape index (κ3) is 4.31. The average Bonchev–Trinajstić information content (AvgIpc) is 2.76. The molecular weight excluding hydrogens is 422 g/mol. The monoisotopic (exact) mass is 445 g/mol. The Kier molecular flexibility index (Phi) is 6.84. The lowest BCUT2D eigenvalue weighted by Crippen LogP contribution is -2.21. The molecule has 8 heteroatoms. The Labute approximate surface area is 183 Å². The van der Waals surface area contributed by atoms with Crippen molar-refractivity contribution in [3.63, 3.8) is 0 Å². The molecule has 32 heavy (non-hydrogen) atoms. The highest BCUT2D eigenvalue weighted by Gasteiger charge is 2.28. The molecule has 0 radical (unpaired) electrons. The zero-order valence-corrected chi connectivity index (χ0v) is 17.8. The minimum Gasteiger partial charge on any atom is -0.397 e. The number of aldehydes is 1. The molecule has 0 fully saturated rings. The fraction of sp³-hybridized carbons (Fsp3) is 0.208. The second-order valence-electron chi connectivity index (χ2n) is 7.64. The van der Waals surface area contributed by atoms with Gasteiger partial charge in [-0.05, 0) is 34.9 Å². The van der Waals surface area contributed by atoms with Crippen LogP contribution >= 0.6 is 0 Å². The summed E-state index contributed by atoms with van der Waals surface area (Å²) in [6.07, 6.45) is 0.430. The molecule has 0 bridgehead atoms. The average molecular weight is 445 g/mol. The van der Waals surface area contributed by atoms with E-state index in [-0.39, 0.29) is 34.1 Å². The Bertz CT molecular complexity index is 1150. The summed E-state index contributed by atoms with van der Waals surface area (Å²) in [5.41, 5.74) is 4.81. The van der Waals surface area contributed by atoms with Gasteiger partial charge in [0.05, 0.1) is 22.5 Å². The van der Waals surface area contributed by atoms with Crippen LogP contribution in [-0.2, 0) is 6.54 Å². The van der Waals surface area contributed by atoms with Crippen molar-refractivity contribution in [2.24, 2.45) is 0 Å². The van der Waals surface area contributed by atoms with Crippen molar-refractivity contribution in [1.29, 1.82) is 0 Å². The maximum Gasteiger partial charge on any atom is 0.170 e. The lowest BCUT2D eigenvalue weighted by atomic mass is 9.95. The number of benzene rings is 3. The Morgan fingerprint density at radius 3 is 2.06 bits per heavy atom. The molecule has 3 aromatic carbocycles. The number of nitrogens with one attached hydrogen (secondary N) is 2. The van der Waals surface area contributed by atoms with Gasteiger partial charge in [-0.2, -0.15) is 0 Å². The number of hydrogen-bond donors (Lipinski definition) is 3. The fourth-order valence-electron chi connectivity index (χ4n) is 3.51. The molecule has 0 saturated heterocycles. The fourth-order valence-corrected chi connectivity index (χ4v) is 3.51. The maximum atomic E-state index is 15.0. The smallest absolute Gasteiger partial charge is 0.170 e. The zero-order chi connectivity index (χ0) is 23.6. The van der Waals surface area contributed by atoms with Crippen LogP contribution in [0.4, 0.5) is 28.9 Å². The van der Waals surface area contributed by atoms with Crippen LogP contribution in [0.15, 0.2) is 36.4 Å². The summed E-state index contributed by atoms with van der Waals surface area (Å²) in [6, 6.07) is 8.60. The van der Waals surface area contributed by atoms with Crippen LogP contribution in [0.3, 0.4) is 0 Å². The molecule has 0 unspecified atom stereocenters. The van der Waals surface area contributed by atoms with Crippen LogP contribution in [-0.4, -0.2) is 19.4 Å². The van der Waals surface area contributed by atoms with Crippen LogP contribution in [0.5, 0.6) is 0 Å². The highest BCUT2D eigenvalue weighted by Crippen LogP contribution is 2.39. The summed E-state index contributed by atoms with van der Waals surface area (Å²) in [5, 5.41) is 5.87. The van der Waals surface area contributed by atoms with Crippen molar-refractivity contribution in [2.45, 2.75) is 26.4 Å². The number of anilines is 2. The quantitative estimate of drug-likeness (QED) is 0.194. The lowest BCUT2D eigenvalue weighted by molar-refractivity contribution is 0.112. The Balaban J connectivity index is 2.18. The Morgan fingerprint density at radius 1 is 0.938 bits per heavy atom. The van der Waals surface area contributed by atoms with E-state index in [0.29, 0.717) is 18.4 Å². The van der Waals surface area contributed by atoms with Crippen LogP contribution in [0.1, 0.15) is 29.8 Å². The minimum atomic E-state index is -1.57. The van der Waals surface area contributed by atoms with E-state index in [0.717, 1.165) is 12.1 Å². The van der Waals surface area contributed by atoms with Crippen molar-refractivity contribution in [2.75, 3.05) is 18.1 Å². The van der Waals surface area contributed by atoms with E-state index in [1.54, 1.807) is 12.1 Å². The molecule has 0 saturated carbocycles. The van der Waals surface area contributed by atoms with Crippen molar-refractivity contribution < 1.29 is 22.4 Å². The molecule has 3 rings (SSSR count). The van der Waals surface area contributed by atoms with E-state index in [2.05, 4.69) is 10.6 Å². The molecule has 4 N–H and O–H groups in total. The highest BCUT2D eigenvalue weighted by atomic mass is 19.2. The predicted octanol–water partition coefficient (Wildman–Crippen LogP) is 5.51. The van der Waals surface area contributed by atoms with Crippen LogP contribution in [0.2, 0.25) is 0 Å². The largest absolute Gasteiger partial charge is 0.397 e. The Hall–Kier alpha value is -3.39. The summed E-state index contributed by atoms with van der Waals surface area (Å²) in [4.78, 5) is 11.4. The van der Waals surface area contributed by atoms with E-state index in [1.165, 1.54) is 19.2 Å². The van der Waals surface area contributed by atoms with Gasteiger partial charge in [0.1, 0.15) is 0 Å². The lowest BCUT2D eigenvalue weighted by Gasteiger charge is -2.16. The number of carbonyl (C=O) groups is 1. The number of halogens is 4. The van der Waals surface area contributed by atoms with Gasteiger partial charge in [-0.1, -0.05) is 32.0 Å². The van der Waals surface area contributed by atoms with Gasteiger partial charge >= 0.3 is 0 Å². The van der Waals surface area contributed by atoms with Gasteiger partial charge in [-0.3, -0.25) is 4.79 Å². The maximum absolute atomic E-state index is 15.0. The topological polar surface area (TPSA) is 67.2 Å². The first-order valence-electron chi connectivity index (χ1n) is 9.95. The molecule has 0 aliphatic heterocycles. The van der Waals surface area contributed by atoms with Gasteiger partial charge in [-0.25, -0.2) is 17.6 Å². The third-order valence-corrected chi connectivity index (χ3v) is 5.06. The summed E-state index contributed by atoms with van der Waals surface area (Å²) < 4.78 is 60.2. The molecule has 0 atom stereocenters. The molecule has 0 amide bonds. The van der Waals surface area contributed by atoms with E-state index >= 15 is 17.6 Å². The van der Waals surface area contributed by atoms with Gasteiger partial charge in [-0.15, -0.1) is 0 Å². The number of carbonyl (C=O) groups excluding carboxylic acids is 1. The van der Waals surface area contributed by atoms with Crippen LogP contribution in [0.25, 0.3) is 22.3 Å². The van der Waals surface area contributed by atoms with Gasteiger partial charge in [0.15, 0.2) is 29.6 Å². The van der Waals surface area contributed by atoms with Crippen molar-refractivity contribution >= 4 is 17.7 Å².